The van der Waals surface area contributed by atoms with Crippen LogP contribution in [0.25, 0.3) is 10.9 Å². The van der Waals surface area contributed by atoms with Crippen LogP contribution < -0.4 is 4.90 Å². The largest absolute Gasteiger partial charge is 0.465 e. The number of benzene rings is 1. The van der Waals surface area contributed by atoms with Gasteiger partial charge in [0.25, 0.3) is 0 Å². The quantitative estimate of drug-likeness (QED) is 0.533. The maximum Gasteiger partial charge on any atom is 0.407 e. The van der Waals surface area contributed by atoms with Crippen LogP contribution >= 0.6 is 27.5 Å². The van der Waals surface area contributed by atoms with E-state index >= 15 is 0 Å². The van der Waals surface area contributed by atoms with Crippen molar-refractivity contribution in [2.24, 2.45) is 0 Å². The Bertz CT molecular complexity index is 904. The van der Waals surface area contributed by atoms with E-state index in [4.69, 9.17) is 16.3 Å². The summed E-state index contributed by atoms with van der Waals surface area (Å²) in [6, 6.07) is 0.724. The number of hydrogen-bond donors (Lipinski definition) is 1. The van der Waals surface area contributed by atoms with Gasteiger partial charge >= 0.3 is 12.2 Å². The highest BCUT2D eigenvalue weighted by Gasteiger charge is 2.41. The minimum Gasteiger partial charge on any atom is -0.465 e. The molecule has 0 spiro atoms. The van der Waals surface area contributed by atoms with Crippen molar-refractivity contribution in [1.82, 2.24) is 14.9 Å². The minimum absolute atomic E-state index is 0.00468. The lowest BCUT2D eigenvalue weighted by atomic mass is 10.0. The van der Waals surface area contributed by atoms with Crippen LogP contribution in [0.2, 0.25) is 5.02 Å². The highest BCUT2D eigenvalue weighted by molar-refractivity contribution is 9.10. The number of nitrogens with zero attached hydrogens (tertiary/aromatic N) is 4. The Kier molecular flexibility index (Phi) is 4.36. The Labute approximate surface area is 159 Å². The predicted molar refractivity (Wildman–Crippen MR) is 92.6 cm³/mol. The molecule has 2 saturated heterocycles. The number of ether oxygens (including phenoxy) is 1. The number of rotatable bonds is 1. The molecule has 26 heavy (non-hydrogen) atoms. The van der Waals surface area contributed by atoms with E-state index in [9.17, 15) is 18.7 Å². The monoisotopic (exact) mass is 448 g/mol. The Morgan fingerprint density at radius 2 is 1.96 bits per heavy atom. The van der Waals surface area contributed by atoms with Crippen LogP contribution in [0, 0.1) is 11.9 Å². The van der Waals surface area contributed by atoms with Crippen molar-refractivity contribution < 1.29 is 23.4 Å². The van der Waals surface area contributed by atoms with E-state index in [1.165, 1.54) is 11.0 Å². The summed E-state index contributed by atoms with van der Waals surface area (Å²) in [6.07, 6.45) is -2.10. The summed E-state index contributed by atoms with van der Waals surface area (Å²) in [5.41, 5.74) is -0.191. The Morgan fingerprint density at radius 3 is 2.58 bits per heavy atom. The van der Waals surface area contributed by atoms with E-state index in [0.717, 1.165) is 0 Å². The van der Waals surface area contributed by atoms with Gasteiger partial charge in [-0.2, -0.15) is 14.4 Å². The van der Waals surface area contributed by atoms with Gasteiger partial charge in [-0.1, -0.05) is 11.6 Å². The fourth-order valence-corrected chi connectivity index (χ4v) is 3.99. The van der Waals surface area contributed by atoms with Gasteiger partial charge in [0.15, 0.2) is 5.82 Å². The number of hydrogen-bond acceptors (Lipinski definition) is 5. The molecule has 0 saturated carbocycles. The normalized spacial score (nSPS) is 22.8. The summed E-state index contributed by atoms with van der Waals surface area (Å²) < 4.78 is 34.1. The van der Waals surface area contributed by atoms with Crippen LogP contribution in [0.1, 0.15) is 0 Å². The molecule has 2 aromatic rings. The van der Waals surface area contributed by atoms with Gasteiger partial charge in [0.2, 0.25) is 0 Å². The van der Waals surface area contributed by atoms with Gasteiger partial charge in [-0.3, -0.25) is 0 Å². The van der Waals surface area contributed by atoms with Crippen molar-refractivity contribution in [3.05, 3.63) is 27.5 Å². The van der Waals surface area contributed by atoms with Crippen molar-refractivity contribution in [2.45, 2.75) is 12.1 Å². The summed E-state index contributed by atoms with van der Waals surface area (Å²) in [7, 11) is 0. The molecule has 4 rings (SSSR count). The molecule has 0 radical (unpaired) electrons. The molecule has 2 atom stereocenters. The molecule has 7 nitrogen and oxygen atoms in total. The topological polar surface area (TPSA) is 78.8 Å². The van der Waals surface area contributed by atoms with Crippen LogP contribution in [0.3, 0.4) is 0 Å². The third-order valence-corrected chi connectivity index (χ3v) is 5.87. The molecular weight excluding hydrogens is 438 g/mol. The van der Waals surface area contributed by atoms with E-state index in [1.54, 1.807) is 4.90 Å². The third kappa shape index (κ3) is 2.76. The second kappa shape index (κ2) is 6.43. The lowest BCUT2D eigenvalue weighted by Crippen LogP contribution is -2.66. The average molecular weight is 450 g/mol. The number of anilines is 1. The highest BCUT2D eigenvalue weighted by Crippen LogP contribution is 2.37. The Hall–Kier alpha value is -1.78. The minimum atomic E-state index is -1.07. The van der Waals surface area contributed by atoms with Gasteiger partial charge in [0.1, 0.15) is 11.3 Å². The van der Waals surface area contributed by atoms with Gasteiger partial charge in [-0.25, -0.2) is 9.18 Å². The molecule has 2 aliphatic rings. The van der Waals surface area contributed by atoms with Crippen LogP contribution in [-0.2, 0) is 4.74 Å². The first kappa shape index (κ1) is 17.6. The SMILES string of the molecule is O=C(O)N1CC2COCC(C1)N2c1nc(F)nc2c(F)c(Br)c(Cl)cc12. The molecule has 1 amide bonds. The molecule has 0 aliphatic carbocycles. The Morgan fingerprint density at radius 1 is 1.31 bits per heavy atom. The maximum atomic E-state index is 14.5. The van der Waals surface area contributed by atoms with Crippen LogP contribution in [0.5, 0.6) is 0 Å². The molecular formula is C15H12BrClF2N4O3. The van der Waals surface area contributed by atoms with E-state index < -0.39 is 18.0 Å². The number of morpholine rings is 1. The van der Waals surface area contributed by atoms with E-state index in [-0.39, 0.29) is 64.6 Å². The fourth-order valence-electron chi connectivity index (χ4n) is 3.49. The first-order chi connectivity index (χ1) is 12.4. The van der Waals surface area contributed by atoms with Gasteiger partial charge < -0.3 is 19.6 Å². The van der Waals surface area contributed by atoms with Gasteiger partial charge in [0.05, 0.1) is 34.8 Å². The number of amides is 1. The molecule has 2 fully saturated rings. The summed E-state index contributed by atoms with van der Waals surface area (Å²) in [5.74, 6) is -0.593. The molecule has 2 aliphatic heterocycles. The second-order valence-corrected chi connectivity index (χ2v) is 7.34. The van der Waals surface area contributed by atoms with Crippen LogP contribution in [0.4, 0.5) is 19.4 Å². The lowest BCUT2D eigenvalue weighted by Gasteiger charge is -2.49. The zero-order chi connectivity index (χ0) is 18.6. The Balaban J connectivity index is 1.88. The van der Waals surface area contributed by atoms with Gasteiger partial charge in [0, 0.05) is 18.5 Å². The smallest absolute Gasteiger partial charge is 0.407 e. The summed E-state index contributed by atoms with van der Waals surface area (Å²) in [6.45, 7) is 0.845. The van der Waals surface area contributed by atoms with Gasteiger partial charge in [-0.15, -0.1) is 0 Å². The molecule has 138 valence electrons. The van der Waals surface area contributed by atoms with E-state index in [0.29, 0.717) is 0 Å². The molecule has 1 aromatic heterocycles. The molecule has 2 unspecified atom stereocenters. The number of fused-ring (bicyclic) bond motifs is 3. The first-order valence-electron chi connectivity index (χ1n) is 7.71. The number of aromatic nitrogens is 2. The van der Waals surface area contributed by atoms with Crippen molar-refractivity contribution in [1.29, 1.82) is 0 Å². The average Bonchev–Trinajstić information content (AvgIpc) is 2.59. The number of halogens is 4. The lowest BCUT2D eigenvalue weighted by molar-refractivity contribution is 0.0182. The third-order valence-electron chi connectivity index (χ3n) is 4.56. The van der Waals surface area contributed by atoms with Gasteiger partial charge in [-0.05, 0) is 22.0 Å². The molecule has 1 N–H and O–H groups in total. The van der Waals surface area contributed by atoms with Crippen LogP contribution in [-0.4, -0.2) is 64.5 Å². The summed E-state index contributed by atoms with van der Waals surface area (Å²) in [5, 5.41) is 9.65. The van der Waals surface area contributed by atoms with Crippen molar-refractivity contribution in [3.8, 4) is 0 Å². The van der Waals surface area contributed by atoms with Crippen molar-refractivity contribution in [3.63, 3.8) is 0 Å². The zero-order valence-electron chi connectivity index (χ0n) is 13.1. The number of carboxylic acid groups (broad SMARTS) is 1. The molecule has 1 aromatic carbocycles. The maximum absolute atomic E-state index is 14.5. The van der Waals surface area contributed by atoms with E-state index in [2.05, 4.69) is 25.9 Å². The van der Waals surface area contributed by atoms with Crippen LogP contribution in [0.15, 0.2) is 10.5 Å². The van der Waals surface area contributed by atoms with Crippen molar-refractivity contribution in [2.75, 3.05) is 31.2 Å². The first-order valence-corrected chi connectivity index (χ1v) is 8.88. The molecule has 3 heterocycles. The highest BCUT2D eigenvalue weighted by atomic mass is 79.9. The molecule has 11 heteroatoms. The molecule has 2 bridgehead atoms. The predicted octanol–water partition coefficient (Wildman–Crippen LogP) is 2.89. The summed E-state index contributed by atoms with van der Waals surface area (Å²) >= 11 is 9.09. The summed E-state index contributed by atoms with van der Waals surface area (Å²) in [4.78, 5) is 21.9. The number of piperazine rings is 1. The van der Waals surface area contributed by atoms with E-state index in [1.807, 2.05) is 0 Å². The fraction of sp³-hybridized carbons (Fsp3) is 0.400. The zero-order valence-corrected chi connectivity index (χ0v) is 15.5. The van der Waals surface area contributed by atoms with Crippen molar-refractivity contribution >= 4 is 50.3 Å². The standard InChI is InChI=1S/C15H12BrClF2N4O3/c16-10-9(17)1-8-12(11(10)18)20-14(19)21-13(8)23-6-2-22(15(24)25)3-7(23)5-26-4-6/h1,6-7H,2-5H2,(H,24,25). The number of carbonyl (C=O) groups is 1. The second-order valence-electron chi connectivity index (χ2n) is 6.14.